The number of nitrogens with one attached hydrogen (secondary N) is 1. The summed E-state index contributed by atoms with van der Waals surface area (Å²) >= 11 is 6.13. The summed E-state index contributed by atoms with van der Waals surface area (Å²) in [5.41, 5.74) is 1.75. The highest BCUT2D eigenvalue weighted by molar-refractivity contribution is 9.11. The number of carbonyl (C=O) groups excluding carboxylic acids is 2. The minimum absolute atomic E-state index is 0.0285. The first-order valence-electron chi connectivity index (χ1n) is 9.20. The van der Waals surface area contributed by atoms with Crippen LogP contribution in [0.4, 0.5) is 0 Å². The fourth-order valence-electron chi connectivity index (χ4n) is 3.57. The maximum atomic E-state index is 13.1. The molecule has 162 valence electrons. The molecule has 3 N–H and O–H groups in total. The van der Waals surface area contributed by atoms with Crippen molar-refractivity contribution in [1.82, 2.24) is 5.32 Å². The van der Waals surface area contributed by atoms with Crippen LogP contribution in [-0.2, 0) is 30.2 Å². The molecular formula is C20H21Br2NO7. The zero-order valence-electron chi connectivity index (χ0n) is 15.7. The zero-order chi connectivity index (χ0) is 21.7. The molecule has 2 aliphatic rings. The molecule has 6 atom stereocenters. The van der Waals surface area contributed by atoms with Gasteiger partial charge in [0.15, 0.2) is 12.2 Å². The summed E-state index contributed by atoms with van der Waals surface area (Å²) < 4.78 is 16.0. The van der Waals surface area contributed by atoms with Crippen molar-refractivity contribution in [2.24, 2.45) is 0 Å². The number of ether oxygens (including phenoxy) is 3. The van der Waals surface area contributed by atoms with Gasteiger partial charge in [0, 0.05) is 11.4 Å². The van der Waals surface area contributed by atoms with Gasteiger partial charge in [-0.15, -0.1) is 0 Å². The SMILES string of the molecule is O=C1O[C@@H]([C@@H](OC/C=C/Br)C(=O)N[C@H]2c3ccccc3C[C@H]2O)[C@@H](O)[C@H]1O/C=C/Br. The first-order chi connectivity index (χ1) is 14.5. The second-order valence-electron chi connectivity index (χ2n) is 6.78. The van der Waals surface area contributed by atoms with Crippen LogP contribution in [0.3, 0.4) is 0 Å². The lowest BCUT2D eigenvalue weighted by molar-refractivity contribution is -0.157. The van der Waals surface area contributed by atoms with E-state index in [0.29, 0.717) is 6.42 Å². The number of carbonyl (C=O) groups is 2. The molecule has 1 aliphatic carbocycles. The molecule has 0 radical (unpaired) electrons. The number of rotatable bonds is 8. The number of aliphatic hydroxyl groups excluding tert-OH is 2. The number of halogens is 2. The van der Waals surface area contributed by atoms with Crippen LogP contribution in [0.1, 0.15) is 17.2 Å². The van der Waals surface area contributed by atoms with E-state index in [1.165, 1.54) is 11.2 Å². The minimum Gasteiger partial charge on any atom is -0.483 e. The molecule has 10 heteroatoms. The van der Waals surface area contributed by atoms with Gasteiger partial charge < -0.3 is 29.7 Å². The molecule has 0 aromatic heterocycles. The van der Waals surface area contributed by atoms with Gasteiger partial charge in [-0.3, -0.25) is 4.79 Å². The highest BCUT2D eigenvalue weighted by Gasteiger charge is 2.51. The van der Waals surface area contributed by atoms with Crippen molar-refractivity contribution in [1.29, 1.82) is 0 Å². The van der Waals surface area contributed by atoms with Crippen LogP contribution in [0.5, 0.6) is 0 Å². The maximum Gasteiger partial charge on any atom is 0.350 e. The van der Waals surface area contributed by atoms with Crippen LogP contribution < -0.4 is 5.32 Å². The van der Waals surface area contributed by atoms with Crippen molar-refractivity contribution in [3.63, 3.8) is 0 Å². The number of benzene rings is 1. The average Bonchev–Trinajstić information content (AvgIpc) is 3.19. The van der Waals surface area contributed by atoms with Crippen molar-refractivity contribution in [3.8, 4) is 0 Å². The van der Waals surface area contributed by atoms with E-state index in [9.17, 15) is 19.8 Å². The van der Waals surface area contributed by atoms with Crippen molar-refractivity contribution in [2.75, 3.05) is 6.61 Å². The topological polar surface area (TPSA) is 114 Å². The number of aliphatic hydroxyl groups is 2. The van der Waals surface area contributed by atoms with Gasteiger partial charge in [-0.25, -0.2) is 4.79 Å². The lowest BCUT2D eigenvalue weighted by Gasteiger charge is -2.27. The Balaban J connectivity index is 1.78. The minimum atomic E-state index is -1.43. The quantitative estimate of drug-likeness (QED) is 0.335. The van der Waals surface area contributed by atoms with E-state index in [0.717, 1.165) is 11.1 Å². The summed E-state index contributed by atoms with van der Waals surface area (Å²) in [5, 5.41) is 23.7. The van der Waals surface area contributed by atoms with E-state index < -0.39 is 48.4 Å². The third kappa shape index (κ3) is 4.94. The first-order valence-corrected chi connectivity index (χ1v) is 11.0. The van der Waals surface area contributed by atoms with E-state index in [2.05, 4.69) is 37.2 Å². The smallest absolute Gasteiger partial charge is 0.350 e. The summed E-state index contributed by atoms with van der Waals surface area (Å²) in [6.45, 7) is 0.0285. The average molecular weight is 547 g/mol. The van der Waals surface area contributed by atoms with E-state index in [4.69, 9.17) is 14.2 Å². The summed E-state index contributed by atoms with van der Waals surface area (Å²) in [6.07, 6.45) is -2.90. The van der Waals surface area contributed by atoms with Gasteiger partial charge >= 0.3 is 5.97 Å². The van der Waals surface area contributed by atoms with Crippen molar-refractivity contribution in [3.05, 3.63) is 57.7 Å². The second-order valence-corrected chi connectivity index (χ2v) is 7.84. The summed E-state index contributed by atoms with van der Waals surface area (Å²) in [6, 6.07) is 6.78. The van der Waals surface area contributed by atoms with Crippen molar-refractivity contribution >= 4 is 43.7 Å². The Bertz CT molecular complexity index is 831. The molecule has 1 saturated heterocycles. The number of cyclic esters (lactones) is 1. The predicted octanol–water partition coefficient (Wildman–Crippen LogP) is 1.59. The first kappa shape index (κ1) is 23.0. The lowest BCUT2D eigenvalue weighted by Crippen LogP contribution is -2.50. The predicted molar refractivity (Wildman–Crippen MR) is 114 cm³/mol. The summed E-state index contributed by atoms with van der Waals surface area (Å²) in [4.78, 5) is 28.1. The molecule has 30 heavy (non-hydrogen) atoms. The Labute approximate surface area is 190 Å². The van der Waals surface area contributed by atoms with Gasteiger partial charge in [-0.05, 0) is 16.1 Å². The van der Waals surface area contributed by atoms with Gasteiger partial charge in [-0.2, -0.15) is 0 Å². The molecule has 0 unspecified atom stereocenters. The van der Waals surface area contributed by atoms with Crippen LogP contribution in [0.15, 0.2) is 46.6 Å². The van der Waals surface area contributed by atoms with Crippen LogP contribution in [0.25, 0.3) is 0 Å². The van der Waals surface area contributed by atoms with Crippen molar-refractivity contribution < 1.29 is 34.0 Å². The van der Waals surface area contributed by atoms with E-state index in [-0.39, 0.29) is 6.61 Å². The second kappa shape index (κ2) is 10.5. The van der Waals surface area contributed by atoms with Crippen LogP contribution in [0.2, 0.25) is 0 Å². The van der Waals surface area contributed by atoms with Gasteiger partial charge in [0.1, 0.15) is 6.10 Å². The molecule has 1 aromatic rings. The molecule has 1 amide bonds. The molecule has 1 aliphatic heterocycles. The number of hydrogen-bond donors (Lipinski definition) is 3. The largest absolute Gasteiger partial charge is 0.483 e. The number of esters is 1. The number of amides is 1. The van der Waals surface area contributed by atoms with Crippen LogP contribution >= 0.6 is 31.9 Å². The van der Waals surface area contributed by atoms with Crippen LogP contribution in [0, 0.1) is 0 Å². The highest BCUT2D eigenvalue weighted by atomic mass is 79.9. The Hall–Kier alpha value is -1.72. The Morgan fingerprint density at radius 2 is 2.07 bits per heavy atom. The van der Waals surface area contributed by atoms with E-state index in [1.807, 2.05) is 24.3 Å². The molecular weight excluding hydrogens is 526 g/mol. The van der Waals surface area contributed by atoms with Gasteiger partial charge in [-0.1, -0.05) is 62.2 Å². The number of fused-ring (bicyclic) bond motifs is 1. The Morgan fingerprint density at radius 1 is 1.30 bits per heavy atom. The Kier molecular flexibility index (Phi) is 8.06. The third-order valence-corrected chi connectivity index (χ3v) is 5.52. The Morgan fingerprint density at radius 3 is 2.80 bits per heavy atom. The standard InChI is InChI=1S/C20H21Br2NO7/c21-6-3-8-28-18(16-15(25)17(20(27)30-16)29-9-7-22)19(26)23-14-12-5-2-1-4-11(12)10-13(14)24/h1-7,9,13-18,24-25H,8,10H2,(H,23,26)/b6-3+,9-7+/t13-,14+,15-,16-,17-,18-/m1/s1. The molecule has 0 bridgehead atoms. The number of hydrogen-bond acceptors (Lipinski definition) is 7. The summed E-state index contributed by atoms with van der Waals surface area (Å²) in [5.74, 6) is -1.42. The fraction of sp³-hybridized carbons (Fsp3) is 0.400. The molecule has 0 saturated carbocycles. The van der Waals surface area contributed by atoms with Crippen molar-refractivity contribution in [2.45, 2.75) is 43.0 Å². The maximum absolute atomic E-state index is 13.1. The van der Waals surface area contributed by atoms with Crippen LogP contribution in [-0.4, -0.2) is 59.2 Å². The molecule has 1 fully saturated rings. The molecule has 1 aromatic carbocycles. The molecule has 3 rings (SSSR count). The summed E-state index contributed by atoms with van der Waals surface area (Å²) in [7, 11) is 0. The van der Waals surface area contributed by atoms with Gasteiger partial charge in [0.2, 0.25) is 6.10 Å². The van der Waals surface area contributed by atoms with Gasteiger partial charge in [0.05, 0.1) is 25.0 Å². The lowest BCUT2D eigenvalue weighted by atomic mass is 10.0. The fourth-order valence-corrected chi connectivity index (χ4v) is 3.85. The van der Waals surface area contributed by atoms with Gasteiger partial charge in [0.25, 0.3) is 5.91 Å². The monoisotopic (exact) mass is 545 g/mol. The molecule has 8 nitrogen and oxygen atoms in total. The molecule has 0 spiro atoms. The normalized spacial score (nSPS) is 29.2. The van der Waals surface area contributed by atoms with E-state index in [1.54, 1.807) is 11.1 Å². The molecule has 1 heterocycles. The zero-order valence-corrected chi connectivity index (χ0v) is 18.9. The van der Waals surface area contributed by atoms with E-state index >= 15 is 0 Å². The third-order valence-electron chi connectivity index (χ3n) is 4.93. The highest BCUT2D eigenvalue weighted by Crippen LogP contribution is 2.32.